The van der Waals surface area contributed by atoms with Gasteiger partial charge in [0, 0.05) is 47.0 Å². The molecule has 1 heterocycles. The van der Waals surface area contributed by atoms with E-state index in [9.17, 15) is 4.21 Å². The Hall–Kier alpha value is 0.0700. The largest absolute Gasteiger partial charge is 0.309 e. The van der Waals surface area contributed by atoms with E-state index in [0.717, 1.165) is 26.1 Å². The van der Waals surface area contributed by atoms with Crippen molar-refractivity contribution in [3.8, 4) is 0 Å². The Morgan fingerprint density at radius 2 is 2.19 bits per heavy atom. The number of hydrogen-bond acceptors (Lipinski definition) is 3. The fourth-order valence-electron chi connectivity index (χ4n) is 2.09. The molecule has 0 aliphatic carbocycles. The predicted molar refractivity (Wildman–Crippen MR) is 71.3 cm³/mol. The zero-order valence-corrected chi connectivity index (χ0v) is 12.1. The van der Waals surface area contributed by atoms with E-state index < -0.39 is 10.8 Å². The molecule has 3 atom stereocenters. The van der Waals surface area contributed by atoms with Crippen LogP contribution in [0.15, 0.2) is 0 Å². The Kier molecular flexibility index (Phi) is 4.95. The van der Waals surface area contributed by atoms with Gasteiger partial charge in [0.25, 0.3) is 0 Å². The molecule has 96 valence electrons. The van der Waals surface area contributed by atoms with Crippen molar-refractivity contribution in [1.29, 1.82) is 0 Å². The molecular formula is C12H26N2OS. The maximum Gasteiger partial charge on any atom is 0.0329 e. The van der Waals surface area contributed by atoms with Crippen LogP contribution in [0.2, 0.25) is 0 Å². The molecule has 0 aromatic carbocycles. The lowest BCUT2D eigenvalue weighted by atomic mass is 9.99. The second-order valence-electron chi connectivity index (χ2n) is 5.68. The molecule has 1 rings (SSSR count). The number of nitrogens with zero attached hydrogens (tertiary/aromatic N) is 1. The van der Waals surface area contributed by atoms with Gasteiger partial charge in [0.2, 0.25) is 0 Å². The number of nitrogens with one attached hydrogen (secondary N) is 1. The smallest absolute Gasteiger partial charge is 0.0329 e. The highest BCUT2D eigenvalue weighted by Crippen LogP contribution is 2.16. The van der Waals surface area contributed by atoms with Crippen LogP contribution in [0.3, 0.4) is 0 Å². The molecule has 1 N–H and O–H groups in total. The first-order valence-electron chi connectivity index (χ1n) is 6.13. The lowest BCUT2D eigenvalue weighted by Crippen LogP contribution is -2.60. The third-order valence-electron chi connectivity index (χ3n) is 3.49. The molecule has 0 aromatic heterocycles. The lowest BCUT2D eigenvalue weighted by molar-refractivity contribution is 0.104. The summed E-state index contributed by atoms with van der Waals surface area (Å²) >= 11 is 0. The van der Waals surface area contributed by atoms with Gasteiger partial charge in [-0.05, 0) is 33.7 Å². The first-order chi connectivity index (χ1) is 7.32. The Balaban J connectivity index is 2.43. The minimum atomic E-state index is -0.687. The van der Waals surface area contributed by atoms with Crippen molar-refractivity contribution in [2.75, 3.05) is 25.9 Å². The fraction of sp³-hybridized carbons (Fsp3) is 1.00. The van der Waals surface area contributed by atoms with Crippen LogP contribution >= 0.6 is 0 Å². The second-order valence-corrected chi connectivity index (χ2v) is 7.48. The highest BCUT2D eigenvalue weighted by molar-refractivity contribution is 7.84. The van der Waals surface area contributed by atoms with Crippen LogP contribution in [-0.2, 0) is 10.8 Å². The zero-order chi connectivity index (χ0) is 12.3. The van der Waals surface area contributed by atoms with E-state index in [-0.39, 0.29) is 5.54 Å². The minimum Gasteiger partial charge on any atom is -0.309 e. The van der Waals surface area contributed by atoms with Crippen molar-refractivity contribution in [1.82, 2.24) is 10.2 Å². The van der Waals surface area contributed by atoms with E-state index in [0.29, 0.717) is 11.3 Å². The van der Waals surface area contributed by atoms with E-state index in [2.05, 4.69) is 37.9 Å². The maximum absolute atomic E-state index is 11.3. The molecule has 4 heteroatoms. The quantitative estimate of drug-likeness (QED) is 0.809. The first kappa shape index (κ1) is 14.1. The summed E-state index contributed by atoms with van der Waals surface area (Å²) in [5.74, 6) is 0. The van der Waals surface area contributed by atoms with Gasteiger partial charge in [-0.1, -0.05) is 6.92 Å². The molecule has 1 aliphatic rings. The molecular weight excluding hydrogens is 220 g/mol. The van der Waals surface area contributed by atoms with Crippen LogP contribution in [0, 0.1) is 0 Å². The van der Waals surface area contributed by atoms with Gasteiger partial charge in [0.15, 0.2) is 0 Å². The summed E-state index contributed by atoms with van der Waals surface area (Å²) in [4.78, 5) is 2.51. The van der Waals surface area contributed by atoms with Crippen LogP contribution in [0.5, 0.6) is 0 Å². The summed E-state index contributed by atoms with van der Waals surface area (Å²) in [6, 6.07) is 0.588. The summed E-state index contributed by atoms with van der Waals surface area (Å²) in [5.41, 5.74) is 0.209. The summed E-state index contributed by atoms with van der Waals surface area (Å²) < 4.78 is 11.3. The number of rotatable bonds is 4. The molecule has 3 nitrogen and oxygen atoms in total. The van der Waals surface area contributed by atoms with E-state index >= 15 is 0 Å². The molecule has 1 aliphatic heterocycles. The van der Waals surface area contributed by atoms with Crippen LogP contribution in [0.25, 0.3) is 0 Å². The van der Waals surface area contributed by atoms with E-state index in [1.807, 2.05) is 0 Å². The maximum atomic E-state index is 11.3. The van der Waals surface area contributed by atoms with Crippen molar-refractivity contribution in [3.63, 3.8) is 0 Å². The standard InChI is InChI=1S/C12H26N2OS/c1-10-8-13-12(3,4)9-14(10)7-6-11(2)16(5)15/h10-11,13H,6-9H2,1-5H3. The minimum absolute atomic E-state index is 0.209. The number of piperazine rings is 1. The first-order valence-corrected chi connectivity index (χ1v) is 7.75. The van der Waals surface area contributed by atoms with Crippen LogP contribution < -0.4 is 5.32 Å². The molecule has 1 fully saturated rings. The van der Waals surface area contributed by atoms with Crippen LogP contribution in [-0.4, -0.2) is 51.8 Å². The average Bonchev–Trinajstić information content (AvgIpc) is 2.18. The van der Waals surface area contributed by atoms with Gasteiger partial charge in [-0.15, -0.1) is 0 Å². The van der Waals surface area contributed by atoms with Gasteiger partial charge in [0.1, 0.15) is 0 Å². The molecule has 16 heavy (non-hydrogen) atoms. The Morgan fingerprint density at radius 3 is 2.75 bits per heavy atom. The lowest BCUT2D eigenvalue weighted by Gasteiger charge is -2.43. The topological polar surface area (TPSA) is 32.3 Å². The zero-order valence-electron chi connectivity index (χ0n) is 11.2. The van der Waals surface area contributed by atoms with Crippen LogP contribution in [0.1, 0.15) is 34.1 Å². The van der Waals surface area contributed by atoms with E-state index in [1.165, 1.54) is 0 Å². The summed E-state index contributed by atoms with van der Waals surface area (Å²) in [6.45, 7) is 12.0. The van der Waals surface area contributed by atoms with Gasteiger partial charge >= 0.3 is 0 Å². The molecule has 0 aromatic rings. The second kappa shape index (κ2) is 5.61. The number of hydrogen-bond donors (Lipinski definition) is 1. The average molecular weight is 246 g/mol. The molecule has 1 saturated heterocycles. The highest BCUT2D eigenvalue weighted by Gasteiger charge is 2.29. The molecule has 0 spiro atoms. The monoisotopic (exact) mass is 246 g/mol. The Bertz CT molecular complexity index is 255. The molecule has 0 saturated carbocycles. The highest BCUT2D eigenvalue weighted by atomic mass is 32.2. The van der Waals surface area contributed by atoms with Gasteiger partial charge < -0.3 is 5.32 Å². The molecule has 0 radical (unpaired) electrons. The Morgan fingerprint density at radius 1 is 1.56 bits per heavy atom. The van der Waals surface area contributed by atoms with E-state index in [1.54, 1.807) is 6.26 Å². The Labute approximate surface area is 102 Å². The van der Waals surface area contributed by atoms with Crippen molar-refractivity contribution >= 4 is 10.8 Å². The summed E-state index contributed by atoms with van der Waals surface area (Å²) in [7, 11) is -0.687. The van der Waals surface area contributed by atoms with Gasteiger partial charge in [-0.3, -0.25) is 9.11 Å². The van der Waals surface area contributed by atoms with Gasteiger partial charge in [0.05, 0.1) is 0 Å². The van der Waals surface area contributed by atoms with E-state index in [4.69, 9.17) is 0 Å². The van der Waals surface area contributed by atoms with Gasteiger partial charge in [-0.25, -0.2) is 0 Å². The third kappa shape index (κ3) is 4.15. The summed E-state index contributed by atoms with van der Waals surface area (Å²) in [5, 5.41) is 3.86. The fourth-order valence-corrected chi connectivity index (χ4v) is 2.52. The molecule has 3 unspecified atom stereocenters. The van der Waals surface area contributed by atoms with Crippen molar-refractivity contribution in [2.45, 2.75) is 50.9 Å². The van der Waals surface area contributed by atoms with Crippen molar-refractivity contribution in [3.05, 3.63) is 0 Å². The van der Waals surface area contributed by atoms with Crippen molar-refractivity contribution < 1.29 is 4.21 Å². The SMILES string of the molecule is CC1CNC(C)(C)CN1CCC(C)S(C)=O. The summed E-state index contributed by atoms with van der Waals surface area (Å²) in [6.07, 6.45) is 2.83. The predicted octanol–water partition coefficient (Wildman–Crippen LogP) is 1.22. The van der Waals surface area contributed by atoms with Crippen LogP contribution in [0.4, 0.5) is 0 Å². The third-order valence-corrected chi connectivity index (χ3v) is 4.86. The molecule has 0 bridgehead atoms. The van der Waals surface area contributed by atoms with Crippen molar-refractivity contribution in [2.24, 2.45) is 0 Å². The normalized spacial score (nSPS) is 29.9. The van der Waals surface area contributed by atoms with Gasteiger partial charge in [-0.2, -0.15) is 0 Å². The molecule has 0 amide bonds.